The van der Waals surface area contributed by atoms with Crippen molar-refractivity contribution >= 4 is 32.1 Å². The third kappa shape index (κ3) is 2.79. The molecular weight excluding hydrogens is 298 g/mol. The molecule has 0 radical (unpaired) electrons. The summed E-state index contributed by atoms with van der Waals surface area (Å²) < 4.78 is 25.5. The van der Waals surface area contributed by atoms with Gasteiger partial charge in [-0.1, -0.05) is 24.3 Å². The fourth-order valence-corrected chi connectivity index (χ4v) is 2.44. The van der Waals surface area contributed by atoms with Gasteiger partial charge in [-0.25, -0.2) is 9.59 Å². The molecule has 2 rings (SSSR count). The van der Waals surface area contributed by atoms with E-state index in [-0.39, 0.29) is 6.54 Å². The largest absolute Gasteiger partial charge is 0.465 e. The second kappa shape index (κ2) is 4.71. The number of fused-ring (bicyclic) bond motifs is 1. The quantitative estimate of drug-likeness (QED) is 0.825. The molecule has 0 bridgehead atoms. The Morgan fingerprint density at radius 2 is 2.00 bits per heavy atom. The van der Waals surface area contributed by atoms with Gasteiger partial charge < -0.3 is 9.29 Å². The highest BCUT2D eigenvalue weighted by atomic mass is 35.7. The predicted molar refractivity (Wildman–Crippen MR) is 63.6 cm³/mol. The molecule has 1 atom stereocenters. The summed E-state index contributed by atoms with van der Waals surface area (Å²) in [5.74, 6) is -1.25. The molecule has 102 valence electrons. The van der Waals surface area contributed by atoms with E-state index >= 15 is 0 Å². The standard InChI is InChI=1S/C10H8ClNO6S/c11-19(16,17)18-9(13)8-7-4-2-1-3-6(7)5-12(8)10(14)15/h1-4,8H,5H2,(H,14,15). The third-order valence-electron chi connectivity index (χ3n) is 2.65. The van der Waals surface area contributed by atoms with Crippen LogP contribution in [-0.2, 0) is 24.9 Å². The molecule has 1 N–H and O–H groups in total. The molecule has 0 saturated carbocycles. The molecule has 1 aliphatic heterocycles. The lowest BCUT2D eigenvalue weighted by atomic mass is 10.1. The van der Waals surface area contributed by atoms with Crippen molar-refractivity contribution in [2.75, 3.05) is 0 Å². The van der Waals surface area contributed by atoms with E-state index in [1.54, 1.807) is 18.2 Å². The highest BCUT2D eigenvalue weighted by Crippen LogP contribution is 2.34. The lowest BCUT2D eigenvalue weighted by Gasteiger charge is -2.19. The van der Waals surface area contributed by atoms with Crippen molar-refractivity contribution in [2.24, 2.45) is 0 Å². The van der Waals surface area contributed by atoms with Gasteiger partial charge in [0.05, 0.1) is 17.2 Å². The zero-order chi connectivity index (χ0) is 14.2. The summed E-state index contributed by atoms with van der Waals surface area (Å²) in [4.78, 5) is 23.6. The third-order valence-corrected chi connectivity index (χ3v) is 3.21. The maximum atomic E-state index is 11.7. The van der Waals surface area contributed by atoms with E-state index in [9.17, 15) is 18.0 Å². The Morgan fingerprint density at radius 1 is 1.37 bits per heavy atom. The molecule has 19 heavy (non-hydrogen) atoms. The van der Waals surface area contributed by atoms with E-state index in [2.05, 4.69) is 4.18 Å². The van der Waals surface area contributed by atoms with Gasteiger partial charge in [0.25, 0.3) is 0 Å². The van der Waals surface area contributed by atoms with Gasteiger partial charge in [0, 0.05) is 0 Å². The monoisotopic (exact) mass is 305 g/mol. The summed E-state index contributed by atoms with van der Waals surface area (Å²) in [6.07, 6.45) is -1.36. The van der Waals surface area contributed by atoms with Crippen LogP contribution in [0.3, 0.4) is 0 Å². The first kappa shape index (κ1) is 13.6. The molecular formula is C10H8ClNO6S. The number of carbonyl (C=O) groups excluding carboxylic acids is 1. The van der Waals surface area contributed by atoms with E-state index in [0.717, 1.165) is 4.90 Å². The average Bonchev–Trinajstić information content (AvgIpc) is 2.65. The Hall–Kier alpha value is -1.80. The molecule has 1 unspecified atom stereocenters. The summed E-state index contributed by atoms with van der Waals surface area (Å²) in [7, 11) is 0.315. The number of hydrogen-bond acceptors (Lipinski definition) is 5. The number of halogens is 1. The summed E-state index contributed by atoms with van der Waals surface area (Å²) in [6, 6.07) is 5.14. The molecule has 9 heteroatoms. The molecule has 1 amide bonds. The van der Waals surface area contributed by atoms with Crippen LogP contribution in [-0.4, -0.2) is 30.5 Å². The summed E-state index contributed by atoms with van der Waals surface area (Å²) in [5.41, 5.74) is 0.994. The Balaban J connectivity index is 2.39. The number of nitrogens with zero attached hydrogens (tertiary/aromatic N) is 1. The van der Waals surface area contributed by atoms with Gasteiger partial charge in [0.1, 0.15) is 0 Å². The van der Waals surface area contributed by atoms with Crippen LogP contribution in [0, 0.1) is 0 Å². The molecule has 1 aromatic rings. The maximum absolute atomic E-state index is 11.7. The normalized spacial score (nSPS) is 17.9. The lowest BCUT2D eigenvalue weighted by Crippen LogP contribution is -2.34. The number of carbonyl (C=O) groups is 2. The van der Waals surface area contributed by atoms with Gasteiger partial charge in [0.2, 0.25) is 0 Å². The van der Waals surface area contributed by atoms with E-state index in [0.29, 0.717) is 11.1 Å². The Labute approximate surface area is 113 Å². The van der Waals surface area contributed by atoms with Crippen molar-refractivity contribution in [2.45, 2.75) is 12.6 Å². The van der Waals surface area contributed by atoms with Crippen LogP contribution in [0.1, 0.15) is 17.2 Å². The molecule has 0 aromatic heterocycles. The Bertz CT molecular complexity index is 643. The maximum Gasteiger partial charge on any atom is 0.408 e. The molecule has 1 heterocycles. The molecule has 0 aliphatic carbocycles. The van der Waals surface area contributed by atoms with Crippen LogP contribution in [0.4, 0.5) is 4.79 Å². The van der Waals surface area contributed by atoms with Crippen molar-refractivity contribution in [3.63, 3.8) is 0 Å². The SMILES string of the molecule is O=C(OS(=O)(=O)Cl)C1c2ccccc2CN1C(=O)O. The van der Waals surface area contributed by atoms with E-state index < -0.39 is 27.4 Å². The van der Waals surface area contributed by atoms with Crippen LogP contribution in [0.5, 0.6) is 0 Å². The lowest BCUT2D eigenvalue weighted by molar-refractivity contribution is -0.138. The van der Waals surface area contributed by atoms with Crippen LogP contribution >= 0.6 is 10.7 Å². The highest BCUT2D eigenvalue weighted by Gasteiger charge is 2.40. The van der Waals surface area contributed by atoms with Crippen LogP contribution in [0.15, 0.2) is 24.3 Å². The molecule has 0 fully saturated rings. The first-order valence-electron chi connectivity index (χ1n) is 5.05. The minimum Gasteiger partial charge on any atom is -0.465 e. The van der Waals surface area contributed by atoms with Crippen LogP contribution in [0.25, 0.3) is 0 Å². The van der Waals surface area contributed by atoms with Crippen LogP contribution < -0.4 is 0 Å². The van der Waals surface area contributed by atoms with Crippen molar-refractivity contribution in [3.8, 4) is 0 Å². The zero-order valence-corrected chi connectivity index (χ0v) is 10.9. The highest BCUT2D eigenvalue weighted by molar-refractivity contribution is 8.10. The van der Waals surface area contributed by atoms with E-state index in [1.807, 2.05) is 0 Å². The molecule has 7 nitrogen and oxygen atoms in total. The number of carboxylic acid groups (broad SMARTS) is 1. The summed E-state index contributed by atoms with van der Waals surface area (Å²) in [6.45, 7) is -0.0202. The summed E-state index contributed by atoms with van der Waals surface area (Å²) >= 11 is 0. The minimum atomic E-state index is -4.51. The van der Waals surface area contributed by atoms with Gasteiger partial charge in [-0.05, 0) is 11.1 Å². The molecule has 1 aromatic carbocycles. The van der Waals surface area contributed by atoms with Gasteiger partial charge in [-0.2, -0.15) is 8.42 Å². The van der Waals surface area contributed by atoms with Crippen molar-refractivity contribution in [1.29, 1.82) is 0 Å². The first-order chi connectivity index (χ1) is 8.79. The molecule has 1 aliphatic rings. The topological polar surface area (TPSA) is 101 Å². The average molecular weight is 306 g/mol. The molecule has 0 saturated heterocycles. The minimum absolute atomic E-state index is 0.0202. The summed E-state index contributed by atoms with van der Waals surface area (Å²) in [5, 5.41) is 9.04. The fourth-order valence-electron chi connectivity index (χ4n) is 1.96. The Morgan fingerprint density at radius 3 is 2.58 bits per heavy atom. The van der Waals surface area contributed by atoms with Crippen molar-refractivity contribution < 1.29 is 27.3 Å². The van der Waals surface area contributed by atoms with Gasteiger partial charge in [-0.3, -0.25) is 4.90 Å². The number of amides is 1. The van der Waals surface area contributed by atoms with Gasteiger partial charge in [-0.15, -0.1) is 0 Å². The zero-order valence-electron chi connectivity index (χ0n) is 9.32. The van der Waals surface area contributed by atoms with Gasteiger partial charge >= 0.3 is 21.4 Å². The predicted octanol–water partition coefficient (Wildman–Crippen LogP) is 1.25. The number of benzene rings is 1. The van der Waals surface area contributed by atoms with E-state index in [4.69, 9.17) is 15.8 Å². The van der Waals surface area contributed by atoms with Crippen molar-refractivity contribution in [1.82, 2.24) is 4.90 Å². The smallest absolute Gasteiger partial charge is 0.408 e. The number of hydrogen-bond donors (Lipinski definition) is 1. The van der Waals surface area contributed by atoms with Gasteiger partial charge in [0.15, 0.2) is 6.04 Å². The van der Waals surface area contributed by atoms with Crippen molar-refractivity contribution in [3.05, 3.63) is 35.4 Å². The second-order valence-electron chi connectivity index (χ2n) is 3.81. The fraction of sp³-hybridized carbons (Fsp3) is 0.200. The molecule has 0 spiro atoms. The number of rotatable bonds is 2. The van der Waals surface area contributed by atoms with E-state index in [1.165, 1.54) is 6.07 Å². The first-order valence-corrected chi connectivity index (χ1v) is 7.28. The second-order valence-corrected chi connectivity index (χ2v) is 5.89. The van der Waals surface area contributed by atoms with Crippen LogP contribution in [0.2, 0.25) is 0 Å². The Kier molecular flexibility index (Phi) is 3.38.